The number of pyridine rings is 1. The fourth-order valence-electron chi connectivity index (χ4n) is 4.25. The van der Waals surface area contributed by atoms with Gasteiger partial charge in [-0.05, 0) is 81.4 Å². The van der Waals surface area contributed by atoms with Crippen molar-refractivity contribution in [2.75, 3.05) is 40.3 Å². The van der Waals surface area contributed by atoms with Crippen LogP contribution >= 0.6 is 0 Å². The summed E-state index contributed by atoms with van der Waals surface area (Å²) >= 11 is 0. The molecule has 1 aliphatic rings. The van der Waals surface area contributed by atoms with E-state index in [1.165, 1.54) is 5.56 Å². The molecular formula is C24H33N3O3. The molecule has 0 aliphatic carbocycles. The molecule has 0 saturated carbocycles. The van der Waals surface area contributed by atoms with Gasteiger partial charge in [0.25, 0.3) is 11.5 Å². The second-order valence-corrected chi connectivity index (χ2v) is 8.41. The molecule has 2 heterocycles. The summed E-state index contributed by atoms with van der Waals surface area (Å²) in [5, 5.41) is 0. The third-order valence-electron chi connectivity index (χ3n) is 6.04. The number of carbonyl (C=O) groups excluding carboxylic acids is 1. The van der Waals surface area contributed by atoms with Crippen LogP contribution in [0.5, 0.6) is 5.75 Å². The number of ether oxygens (including phenoxy) is 1. The number of rotatable bonds is 7. The van der Waals surface area contributed by atoms with Crippen molar-refractivity contribution in [3.8, 4) is 5.75 Å². The lowest BCUT2D eigenvalue weighted by Gasteiger charge is -2.34. The number of benzene rings is 1. The molecule has 1 N–H and O–H groups in total. The number of hydrogen-bond donors (Lipinski definition) is 1. The average Bonchev–Trinajstić information content (AvgIpc) is 2.72. The van der Waals surface area contributed by atoms with Crippen LogP contribution in [-0.4, -0.2) is 61.0 Å². The number of hydrogen-bond acceptors (Lipinski definition) is 4. The standard InChI is InChI=1S/C24H33N3O3/c1-17-15-18(2)25-23(28)22(17)24(29)26(3)16-20-10-13-27(14-11-20)12-9-19-5-7-21(30-4)8-6-19/h5-8,15,20H,9-14,16H2,1-4H3,(H,25,28). The Morgan fingerprint density at radius 3 is 2.47 bits per heavy atom. The summed E-state index contributed by atoms with van der Waals surface area (Å²) < 4.78 is 5.21. The SMILES string of the molecule is COc1ccc(CCN2CCC(CN(C)C(=O)c3c(C)cc(C)[nH]c3=O)CC2)cc1. The molecule has 1 saturated heterocycles. The first-order valence-corrected chi connectivity index (χ1v) is 10.7. The lowest BCUT2D eigenvalue weighted by Crippen LogP contribution is -2.41. The first-order chi connectivity index (χ1) is 14.4. The Bertz CT molecular complexity index is 912. The lowest BCUT2D eigenvalue weighted by molar-refractivity contribution is 0.0738. The predicted molar refractivity (Wildman–Crippen MR) is 119 cm³/mol. The van der Waals surface area contributed by atoms with Gasteiger partial charge in [0, 0.05) is 25.8 Å². The van der Waals surface area contributed by atoms with Gasteiger partial charge in [0.1, 0.15) is 11.3 Å². The Labute approximate surface area is 178 Å². The molecule has 0 unspecified atom stereocenters. The molecule has 6 heteroatoms. The Balaban J connectivity index is 1.47. The number of piperidine rings is 1. The monoisotopic (exact) mass is 411 g/mol. The van der Waals surface area contributed by atoms with Crippen LogP contribution in [-0.2, 0) is 6.42 Å². The van der Waals surface area contributed by atoms with Crippen molar-refractivity contribution >= 4 is 5.91 Å². The smallest absolute Gasteiger partial charge is 0.261 e. The lowest BCUT2D eigenvalue weighted by atomic mass is 9.95. The molecule has 0 radical (unpaired) electrons. The molecule has 1 amide bonds. The van der Waals surface area contributed by atoms with Crippen LogP contribution < -0.4 is 10.3 Å². The van der Waals surface area contributed by atoms with Crippen molar-refractivity contribution in [1.82, 2.24) is 14.8 Å². The van der Waals surface area contributed by atoms with Gasteiger partial charge in [-0.15, -0.1) is 0 Å². The zero-order chi connectivity index (χ0) is 21.7. The van der Waals surface area contributed by atoms with Crippen LogP contribution in [0.4, 0.5) is 0 Å². The highest BCUT2D eigenvalue weighted by atomic mass is 16.5. The van der Waals surface area contributed by atoms with Crippen LogP contribution in [0.1, 0.15) is 40.0 Å². The number of H-pyrrole nitrogens is 1. The van der Waals surface area contributed by atoms with Gasteiger partial charge < -0.3 is 19.5 Å². The number of aryl methyl sites for hydroxylation is 2. The fraction of sp³-hybridized carbons (Fsp3) is 0.500. The molecule has 3 rings (SSSR count). The van der Waals surface area contributed by atoms with Crippen LogP contribution in [0.15, 0.2) is 35.1 Å². The van der Waals surface area contributed by atoms with E-state index in [0.29, 0.717) is 12.5 Å². The van der Waals surface area contributed by atoms with Gasteiger partial charge in [-0.1, -0.05) is 12.1 Å². The van der Waals surface area contributed by atoms with Crippen LogP contribution in [0.3, 0.4) is 0 Å². The first kappa shape index (κ1) is 22.1. The highest BCUT2D eigenvalue weighted by Gasteiger charge is 2.24. The average molecular weight is 412 g/mol. The highest BCUT2D eigenvalue weighted by molar-refractivity contribution is 5.95. The van der Waals surface area contributed by atoms with Crippen molar-refractivity contribution < 1.29 is 9.53 Å². The maximum absolute atomic E-state index is 12.8. The molecule has 1 aliphatic heterocycles. The molecule has 1 fully saturated rings. The third-order valence-corrected chi connectivity index (χ3v) is 6.04. The number of likely N-dealkylation sites (tertiary alicyclic amines) is 1. The third kappa shape index (κ3) is 5.51. The summed E-state index contributed by atoms with van der Waals surface area (Å²) in [5.41, 5.74) is 2.81. The minimum atomic E-state index is -0.294. The van der Waals surface area contributed by atoms with Gasteiger partial charge in [-0.3, -0.25) is 9.59 Å². The van der Waals surface area contributed by atoms with Crippen LogP contribution in [0.2, 0.25) is 0 Å². The number of amides is 1. The summed E-state index contributed by atoms with van der Waals surface area (Å²) in [6.07, 6.45) is 3.18. The molecule has 0 spiro atoms. The van der Waals surface area contributed by atoms with E-state index in [-0.39, 0.29) is 17.0 Å². The molecule has 1 aromatic carbocycles. The minimum absolute atomic E-state index is 0.185. The summed E-state index contributed by atoms with van der Waals surface area (Å²) in [4.78, 5) is 32.0. The summed E-state index contributed by atoms with van der Waals surface area (Å²) in [6.45, 7) is 7.49. The minimum Gasteiger partial charge on any atom is -0.497 e. The van der Waals surface area contributed by atoms with Gasteiger partial charge >= 0.3 is 0 Å². The molecule has 6 nitrogen and oxygen atoms in total. The van der Waals surface area contributed by atoms with E-state index in [2.05, 4.69) is 22.0 Å². The molecule has 0 atom stereocenters. The Morgan fingerprint density at radius 2 is 1.87 bits per heavy atom. The van der Waals surface area contributed by atoms with E-state index in [4.69, 9.17) is 4.74 Å². The Kier molecular flexibility index (Phi) is 7.32. The maximum atomic E-state index is 12.8. The molecule has 0 bridgehead atoms. The van der Waals surface area contributed by atoms with E-state index >= 15 is 0 Å². The quantitative estimate of drug-likeness (QED) is 0.761. The Morgan fingerprint density at radius 1 is 1.20 bits per heavy atom. The van der Waals surface area contributed by atoms with E-state index in [9.17, 15) is 9.59 Å². The van der Waals surface area contributed by atoms with Crippen molar-refractivity contribution in [2.45, 2.75) is 33.1 Å². The predicted octanol–water partition coefficient (Wildman–Crippen LogP) is 3.03. The van der Waals surface area contributed by atoms with E-state index in [0.717, 1.165) is 55.9 Å². The molecule has 1 aromatic heterocycles. The molecular weight excluding hydrogens is 378 g/mol. The topological polar surface area (TPSA) is 65.6 Å². The van der Waals surface area contributed by atoms with Gasteiger partial charge in [-0.25, -0.2) is 0 Å². The van der Waals surface area contributed by atoms with Crippen molar-refractivity contribution in [3.63, 3.8) is 0 Å². The van der Waals surface area contributed by atoms with Crippen molar-refractivity contribution in [1.29, 1.82) is 0 Å². The maximum Gasteiger partial charge on any atom is 0.261 e. The van der Waals surface area contributed by atoms with Crippen molar-refractivity contribution in [2.24, 2.45) is 5.92 Å². The number of aromatic amines is 1. The number of nitrogens with one attached hydrogen (secondary N) is 1. The van der Waals surface area contributed by atoms with Crippen molar-refractivity contribution in [3.05, 3.63) is 63.1 Å². The summed E-state index contributed by atoms with van der Waals surface area (Å²) in [5.74, 6) is 1.18. The van der Waals surface area contributed by atoms with Gasteiger partial charge in [0.05, 0.1) is 7.11 Å². The first-order valence-electron chi connectivity index (χ1n) is 10.7. The van der Waals surface area contributed by atoms with E-state index in [1.807, 2.05) is 32.0 Å². The van der Waals surface area contributed by atoms with E-state index < -0.39 is 0 Å². The largest absolute Gasteiger partial charge is 0.497 e. The second kappa shape index (κ2) is 9.94. The summed E-state index contributed by atoms with van der Waals surface area (Å²) in [6, 6.07) is 10.1. The van der Waals surface area contributed by atoms with Gasteiger partial charge in [0.15, 0.2) is 0 Å². The number of nitrogens with zero attached hydrogens (tertiary/aromatic N) is 2. The van der Waals surface area contributed by atoms with E-state index in [1.54, 1.807) is 19.1 Å². The highest BCUT2D eigenvalue weighted by Crippen LogP contribution is 2.20. The number of methoxy groups -OCH3 is 1. The van der Waals surface area contributed by atoms with Gasteiger partial charge in [-0.2, -0.15) is 0 Å². The molecule has 2 aromatic rings. The molecule has 162 valence electrons. The normalized spacial score (nSPS) is 15.2. The summed E-state index contributed by atoms with van der Waals surface area (Å²) in [7, 11) is 3.49. The second-order valence-electron chi connectivity index (χ2n) is 8.41. The zero-order valence-electron chi connectivity index (χ0n) is 18.5. The zero-order valence-corrected chi connectivity index (χ0v) is 18.5. The van der Waals surface area contributed by atoms with Crippen LogP contribution in [0, 0.1) is 19.8 Å². The van der Waals surface area contributed by atoms with Crippen LogP contribution in [0.25, 0.3) is 0 Å². The number of aromatic nitrogens is 1. The Hall–Kier alpha value is -2.60. The number of carbonyl (C=O) groups is 1. The fourth-order valence-corrected chi connectivity index (χ4v) is 4.25. The molecule has 30 heavy (non-hydrogen) atoms. The van der Waals surface area contributed by atoms with Gasteiger partial charge in [0.2, 0.25) is 0 Å².